The van der Waals surface area contributed by atoms with E-state index in [1.807, 2.05) is 6.08 Å². The molecule has 0 radical (unpaired) electrons. The smallest absolute Gasteiger partial charge is 0.270 e. The molecule has 1 aromatic rings. The zero-order chi connectivity index (χ0) is 18.9. The van der Waals surface area contributed by atoms with E-state index in [9.17, 15) is 4.79 Å². The van der Waals surface area contributed by atoms with Crippen molar-refractivity contribution in [3.05, 3.63) is 40.3 Å². The minimum absolute atomic E-state index is 0.0611. The van der Waals surface area contributed by atoms with Gasteiger partial charge in [0.25, 0.3) is 5.91 Å². The van der Waals surface area contributed by atoms with E-state index in [1.165, 1.54) is 35.1 Å². The van der Waals surface area contributed by atoms with Gasteiger partial charge in [-0.15, -0.1) is 0 Å². The number of hydrogen-bond donors (Lipinski definition) is 1. The van der Waals surface area contributed by atoms with Gasteiger partial charge in [0.1, 0.15) is 0 Å². The molecule has 0 aromatic heterocycles. The fourth-order valence-corrected chi connectivity index (χ4v) is 4.67. The highest BCUT2D eigenvalue weighted by atomic mass is 32.2. The predicted octanol–water partition coefficient (Wildman–Crippen LogP) is 3.46. The number of carbonyl (C=O) groups excluding carboxylic acids is 1. The Balaban J connectivity index is 1.69. The van der Waals surface area contributed by atoms with Crippen molar-refractivity contribution in [1.82, 2.24) is 4.90 Å². The Kier molecular flexibility index (Phi) is 5.90. The Morgan fingerprint density at radius 3 is 2.42 bits per heavy atom. The molecule has 3 rings (SSSR count). The standard InChI is InChI=1S/C21H28N2OS2/c1-15-9-11-22(12-10-15)14-23-19(24)18(26-20(23)25)13-16-5-7-17(8-6-16)21(2,3)4/h5-8,13,15H,9-12,14H2,1-4H3/p+1/b18-13-. The molecule has 1 aromatic carbocycles. The van der Waals surface area contributed by atoms with Crippen molar-refractivity contribution in [3.63, 3.8) is 0 Å². The number of piperidine rings is 1. The molecule has 2 aliphatic heterocycles. The van der Waals surface area contributed by atoms with Crippen LogP contribution in [0.15, 0.2) is 29.2 Å². The van der Waals surface area contributed by atoms with E-state index in [0.717, 1.165) is 29.5 Å². The normalized spacial score (nSPS) is 26.0. The molecule has 2 fully saturated rings. The average molecular weight is 390 g/mol. The van der Waals surface area contributed by atoms with Crippen LogP contribution in [-0.2, 0) is 10.2 Å². The summed E-state index contributed by atoms with van der Waals surface area (Å²) in [5.74, 6) is 0.868. The number of nitrogens with zero attached hydrogens (tertiary/aromatic N) is 1. The molecule has 2 aliphatic rings. The van der Waals surface area contributed by atoms with Crippen molar-refractivity contribution >= 4 is 40.3 Å². The molecule has 0 saturated carbocycles. The van der Waals surface area contributed by atoms with Crippen molar-refractivity contribution in [3.8, 4) is 0 Å². The first kappa shape index (κ1) is 19.6. The Bertz CT molecular complexity index is 711. The molecule has 26 heavy (non-hydrogen) atoms. The summed E-state index contributed by atoms with van der Waals surface area (Å²) in [5, 5.41) is 0. The van der Waals surface area contributed by atoms with Crippen LogP contribution in [0.5, 0.6) is 0 Å². The second-order valence-electron chi connectivity index (χ2n) is 8.57. The fourth-order valence-electron chi connectivity index (χ4n) is 3.42. The van der Waals surface area contributed by atoms with Gasteiger partial charge >= 0.3 is 0 Å². The molecule has 0 aliphatic carbocycles. The summed E-state index contributed by atoms with van der Waals surface area (Å²) < 4.78 is 0.693. The zero-order valence-corrected chi connectivity index (χ0v) is 17.8. The number of carbonyl (C=O) groups is 1. The van der Waals surface area contributed by atoms with Crippen LogP contribution < -0.4 is 4.90 Å². The van der Waals surface area contributed by atoms with Gasteiger partial charge in [-0.25, -0.2) is 4.90 Å². The van der Waals surface area contributed by atoms with Crippen LogP contribution in [0.3, 0.4) is 0 Å². The quantitative estimate of drug-likeness (QED) is 0.633. The average Bonchev–Trinajstić information content (AvgIpc) is 2.84. The predicted molar refractivity (Wildman–Crippen MR) is 114 cm³/mol. The molecule has 0 atom stereocenters. The second-order valence-corrected chi connectivity index (χ2v) is 10.2. The number of likely N-dealkylation sites (tertiary alicyclic amines) is 1. The van der Waals surface area contributed by atoms with E-state index in [1.54, 1.807) is 4.90 Å². The Labute approximate surface area is 166 Å². The Hall–Kier alpha value is -1.17. The van der Waals surface area contributed by atoms with E-state index >= 15 is 0 Å². The van der Waals surface area contributed by atoms with Crippen molar-refractivity contribution in [2.75, 3.05) is 19.8 Å². The van der Waals surface area contributed by atoms with Gasteiger partial charge in [0.2, 0.25) is 0 Å². The Morgan fingerprint density at radius 1 is 1.23 bits per heavy atom. The lowest BCUT2D eigenvalue weighted by Crippen LogP contribution is -3.14. The lowest BCUT2D eigenvalue weighted by molar-refractivity contribution is -0.913. The minimum atomic E-state index is 0.0611. The van der Waals surface area contributed by atoms with E-state index < -0.39 is 0 Å². The second kappa shape index (κ2) is 7.83. The van der Waals surface area contributed by atoms with Gasteiger partial charge in [0.05, 0.1) is 18.0 Å². The number of quaternary nitrogens is 1. The lowest BCUT2D eigenvalue weighted by atomic mass is 9.87. The van der Waals surface area contributed by atoms with Crippen molar-refractivity contribution in [2.45, 2.75) is 46.0 Å². The topological polar surface area (TPSA) is 24.8 Å². The summed E-state index contributed by atoms with van der Waals surface area (Å²) in [6.07, 6.45) is 4.44. The van der Waals surface area contributed by atoms with Gasteiger partial charge < -0.3 is 4.90 Å². The lowest BCUT2D eigenvalue weighted by Gasteiger charge is -2.29. The number of thiocarbonyl (C=S) groups is 1. The van der Waals surface area contributed by atoms with Crippen LogP contribution in [0.2, 0.25) is 0 Å². The number of benzene rings is 1. The van der Waals surface area contributed by atoms with E-state index in [2.05, 4.69) is 52.0 Å². The van der Waals surface area contributed by atoms with Gasteiger partial charge in [0.15, 0.2) is 11.0 Å². The van der Waals surface area contributed by atoms with Crippen LogP contribution in [0, 0.1) is 5.92 Å². The van der Waals surface area contributed by atoms with Gasteiger partial charge in [-0.3, -0.25) is 4.79 Å². The highest BCUT2D eigenvalue weighted by Crippen LogP contribution is 2.32. The van der Waals surface area contributed by atoms with Gasteiger partial charge in [0, 0.05) is 0 Å². The summed E-state index contributed by atoms with van der Waals surface area (Å²) in [6, 6.07) is 8.46. The maximum absolute atomic E-state index is 12.8. The number of amides is 1. The SMILES string of the molecule is CC1CC[NH+](CN2C(=O)/C(=C/c3ccc(C(C)(C)C)cc3)SC2=S)CC1. The fraction of sp³-hybridized carbons (Fsp3) is 0.524. The third-order valence-electron chi connectivity index (χ3n) is 5.31. The largest absolute Gasteiger partial charge is 0.317 e. The molecule has 2 saturated heterocycles. The van der Waals surface area contributed by atoms with E-state index in [4.69, 9.17) is 12.2 Å². The molecule has 0 unspecified atom stereocenters. The van der Waals surface area contributed by atoms with Crippen molar-refractivity contribution in [2.24, 2.45) is 5.92 Å². The highest BCUT2D eigenvalue weighted by molar-refractivity contribution is 8.26. The zero-order valence-electron chi connectivity index (χ0n) is 16.2. The highest BCUT2D eigenvalue weighted by Gasteiger charge is 2.35. The summed E-state index contributed by atoms with van der Waals surface area (Å²) in [7, 11) is 0. The molecule has 140 valence electrons. The number of thioether (sulfide) groups is 1. The molecule has 0 spiro atoms. The van der Waals surface area contributed by atoms with Crippen LogP contribution in [0.4, 0.5) is 0 Å². The van der Waals surface area contributed by atoms with Crippen LogP contribution in [0.25, 0.3) is 6.08 Å². The van der Waals surface area contributed by atoms with Crippen molar-refractivity contribution < 1.29 is 9.69 Å². The molecule has 5 heteroatoms. The van der Waals surface area contributed by atoms with Gasteiger partial charge in [-0.1, -0.05) is 75.9 Å². The first-order chi connectivity index (χ1) is 12.2. The monoisotopic (exact) mass is 389 g/mol. The Morgan fingerprint density at radius 2 is 1.85 bits per heavy atom. The number of hydrogen-bond acceptors (Lipinski definition) is 3. The maximum atomic E-state index is 12.8. The summed E-state index contributed by atoms with van der Waals surface area (Å²) >= 11 is 6.92. The first-order valence-corrected chi connectivity index (χ1v) is 10.7. The molecule has 0 bridgehead atoms. The van der Waals surface area contributed by atoms with E-state index in [-0.39, 0.29) is 11.3 Å². The van der Waals surface area contributed by atoms with Crippen molar-refractivity contribution in [1.29, 1.82) is 0 Å². The van der Waals surface area contributed by atoms with Gasteiger partial charge in [-0.2, -0.15) is 0 Å². The molecule has 2 heterocycles. The minimum Gasteiger partial charge on any atom is -0.317 e. The van der Waals surface area contributed by atoms with Crippen LogP contribution in [-0.4, -0.2) is 34.9 Å². The summed E-state index contributed by atoms with van der Waals surface area (Å²) in [4.78, 5) is 16.8. The first-order valence-electron chi connectivity index (χ1n) is 9.43. The maximum Gasteiger partial charge on any atom is 0.270 e. The summed E-state index contributed by atoms with van der Waals surface area (Å²) in [5.41, 5.74) is 2.49. The number of nitrogens with one attached hydrogen (secondary N) is 1. The summed E-state index contributed by atoms with van der Waals surface area (Å²) in [6.45, 7) is 11.9. The molecule has 1 amide bonds. The molecular formula is C21H29N2OS2+. The van der Waals surface area contributed by atoms with Crippen LogP contribution >= 0.6 is 24.0 Å². The van der Waals surface area contributed by atoms with Crippen LogP contribution in [0.1, 0.15) is 51.7 Å². The third kappa shape index (κ3) is 4.56. The number of rotatable bonds is 3. The van der Waals surface area contributed by atoms with Gasteiger partial charge in [-0.05, 0) is 41.4 Å². The third-order valence-corrected chi connectivity index (χ3v) is 6.69. The molecular weight excluding hydrogens is 360 g/mol. The molecule has 1 N–H and O–H groups in total. The van der Waals surface area contributed by atoms with E-state index in [0.29, 0.717) is 11.0 Å². The molecule has 3 nitrogen and oxygen atoms in total.